The molecule has 2 rings (SSSR count). The second-order valence-corrected chi connectivity index (χ2v) is 5.39. The van der Waals surface area contributed by atoms with Crippen molar-refractivity contribution >= 4 is 11.3 Å². The third-order valence-corrected chi connectivity index (χ3v) is 3.69. The fraction of sp³-hybridized carbons (Fsp3) is 0.800. The topological polar surface area (TPSA) is 41.1 Å². The lowest BCUT2D eigenvalue weighted by Gasteiger charge is -2.19. The molecule has 1 aliphatic heterocycles. The molecule has 84 valence electrons. The fourth-order valence-electron chi connectivity index (χ4n) is 1.83. The first-order chi connectivity index (χ1) is 7.25. The number of hydrogen-bond acceptors (Lipinski definition) is 5. The minimum absolute atomic E-state index is 0.639. The lowest BCUT2D eigenvalue weighted by Crippen LogP contribution is -2.26. The lowest BCUT2D eigenvalue weighted by atomic mass is 9.99. The van der Waals surface area contributed by atoms with Crippen molar-refractivity contribution < 1.29 is 0 Å². The van der Waals surface area contributed by atoms with E-state index in [4.69, 9.17) is 0 Å². The van der Waals surface area contributed by atoms with E-state index in [1.54, 1.807) is 11.3 Å². The number of rotatable bonds is 3. The quantitative estimate of drug-likeness (QED) is 0.837. The van der Waals surface area contributed by atoms with E-state index in [2.05, 4.69) is 34.5 Å². The number of hydrogen-bond donors (Lipinski definition) is 1. The van der Waals surface area contributed by atoms with Crippen LogP contribution in [0, 0.1) is 0 Å². The van der Waals surface area contributed by atoms with Gasteiger partial charge in [0.15, 0.2) is 0 Å². The first-order valence-corrected chi connectivity index (χ1v) is 6.25. The molecule has 4 nitrogen and oxygen atoms in total. The van der Waals surface area contributed by atoms with Gasteiger partial charge in [-0.1, -0.05) is 11.3 Å². The van der Waals surface area contributed by atoms with Crippen LogP contribution < -0.4 is 5.32 Å². The van der Waals surface area contributed by atoms with Crippen LogP contribution in [0.3, 0.4) is 0 Å². The van der Waals surface area contributed by atoms with Crippen molar-refractivity contribution in [2.24, 2.45) is 0 Å². The molecule has 1 N–H and O–H groups in total. The third-order valence-electron chi connectivity index (χ3n) is 2.62. The Hall–Kier alpha value is -0.520. The number of nitrogens with one attached hydrogen (secondary N) is 1. The van der Waals surface area contributed by atoms with Crippen LogP contribution in [0.4, 0.5) is 0 Å². The third kappa shape index (κ3) is 2.96. The largest absolute Gasteiger partial charge is 0.317 e. The summed E-state index contributed by atoms with van der Waals surface area (Å²) < 4.78 is 0. The van der Waals surface area contributed by atoms with Gasteiger partial charge in [0.1, 0.15) is 10.0 Å². The van der Waals surface area contributed by atoms with E-state index in [0.717, 1.165) is 24.6 Å². The molecule has 0 spiro atoms. The number of aromatic nitrogens is 2. The second-order valence-electron chi connectivity index (χ2n) is 4.30. The van der Waals surface area contributed by atoms with Gasteiger partial charge in [0, 0.05) is 5.92 Å². The molecule has 1 aromatic rings. The smallest absolute Gasteiger partial charge is 0.131 e. The normalized spacial score (nSPS) is 18.6. The van der Waals surface area contributed by atoms with Gasteiger partial charge in [-0.15, -0.1) is 10.2 Å². The average molecular weight is 226 g/mol. The van der Waals surface area contributed by atoms with Crippen molar-refractivity contribution in [3.63, 3.8) is 0 Å². The van der Waals surface area contributed by atoms with Gasteiger partial charge in [0.25, 0.3) is 0 Å². The molecular weight excluding hydrogens is 208 g/mol. The first kappa shape index (κ1) is 11.0. The molecule has 0 unspecified atom stereocenters. The standard InChI is InChI=1S/C10H18N4S/c1-14(2)7-9-12-13-10(15-9)8-3-5-11-6-4-8/h8,11H,3-7H2,1-2H3. The highest BCUT2D eigenvalue weighted by Gasteiger charge is 2.19. The molecule has 0 atom stereocenters. The zero-order valence-electron chi connectivity index (χ0n) is 9.36. The zero-order chi connectivity index (χ0) is 10.7. The van der Waals surface area contributed by atoms with Crippen molar-refractivity contribution in [2.45, 2.75) is 25.3 Å². The summed E-state index contributed by atoms with van der Waals surface area (Å²) in [5, 5.41) is 14.3. The van der Waals surface area contributed by atoms with Gasteiger partial charge in [0.05, 0.1) is 6.54 Å². The van der Waals surface area contributed by atoms with Crippen LogP contribution >= 0.6 is 11.3 Å². The van der Waals surface area contributed by atoms with Crippen LogP contribution in [0.15, 0.2) is 0 Å². The van der Waals surface area contributed by atoms with Crippen LogP contribution in [0.2, 0.25) is 0 Å². The van der Waals surface area contributed by atoms with E-state index in [9.17, 15) is 0 Å². The summed E-state index contributed by atoms with van der Waals surface area (Å²) in [7, 11) is 4.12. The van der Waals surface area contributed by atoms with Gasteiger partial charge < -0.3 is 10.2 Å². The Morgan fingerprint density at radius 1 is 1.33 bits per heavy atom. The Balaban J connectivity index is 1.99. The van der Waals surface area contributed by atoms with Crippen LogP contribution in [-0.4, -0.2) is 42.3 Å². The van der Waals surface area contributed by atoms with Gasteiger partial charge in [-0.05, 0) is 40.0 Å². The zero-order valence-corrected chi connectivity index (χ0v) is 10.2. The lowest BCUT2D eigenvalue weighted by molar-refractivity contribution is 0.400. The average Bonchev–Trinajstić information content (AvgIpc) is 2.67. The SMILES string of the molecule is CN(C)Cc1nnc(C2CCNCC2)s1. The van der Waals surface area contributed by atoms with E-state index in [-0.39, 0.29) is 0 Å². The Morgan fingerprint density at radius 2 is 2.07 bits per heavy atom. The molecule has 0 saturated carbocycles. The van der Waals surface area contributed by atoms with Gasteiger partial charge >= 0.3 is 0 Å². The summed E-state index contributed by atoms with van der Waals surface area (Å²) in [6.07, 6.45) is 2.41. The summed E-state index contributed by atoms with van der Waals surface area (Å²) in [5.41, 5.74) is 0. The van der Waals surface area contributed by atoms with E-state index in [1.807, 2.05) is 0 Å². The van der Waals surface area contributed by atoms with Crippen LogP contribution in [-0.2, 0) is 6.54 Å². The van der Waals surface area contributed by atoms with Crippen molar-refractivity contribution in [3.8, 4) is 0 Å². The highest BCUT2D eigenvalue weighted by molar-refractivity contribution is 7.11. The maximum Gasteiger partial charge on any atom is 0.131 e. The maximum absolute atomic E-state index is 4.31. The molecule has 0 aliphatic carbocycles. The maximum atomic E-state index is 4.31. The predicted octanol–water partition coefficient (Wildman–Crippen LogP) is 1.07. The molecule has 0 radical (unpaired) electrons. The highest BCUT2D eigenvalue weighted by Crippen LogP contribution is 2.27. The van der Waals surface area contributed by atoms with E-state index in [0.29, 0.717) is 5.92 Å². The molecule has 0 aromatic carbocycles. The van der Waals surface area contributed by atoms with Gasteiger partial charge in [0.2, 0.25) is 0 Å². The minimum atomic E-state index is 0.639. The summed E-state index contributed by atoms with van der Waals surface area (Å²) in [5.74, 6) is 0.639. The van der Waals surface area contributed by atoms with Gasteiger partial charge in [-0.3, -0.25) is 0 Å². The molecule has 0 bridgehead atoms. The monoisotopic (exact) mass is 226 g/mol. The van der Waals surface area contributed by atoms with E-state index in [1.165, 1.54) is 17.8 Å². The molecule has 15 heavy (non-hydrogen) atoms. The van der Waals surface area contributed by atoms with Crippen molar-refractivity contribution in [3.05, 3.63) is 10.0 Å². The molecule has 1 fully saturated rings. The highest BCUT2D eigenvalue weighted by atomic mass is 32.1. The number of piperidine rings is 1. The molecule has 5 heteroatoms. The molecule has 1 saturated heterocycles. The Labute approximate surface area is 94.7 Å². The molecule has 1 aliphatic rings. The van der Waals surface area contributed by atoms with Gasteiger partial charge in [-0.2, -0.15) is 0 Å². The molecule has 0 amide bonds. The molecule has 2 heterocycles. The van der Waals surface area contributed by atoms with Crippen LogP contribution in [0.25, 0.3) is 0 Å². The van der Waals surface area contributed by atoms with Crippen LogP contribution in [0.1, 0.15) is 28.8 Å². The van der Waals surface area contributed by atoms with Crippen molar-refractivity contribution in [1.29, 1.82) is 0 Å². The summed E-state index contributed by atoms with van der Waals surface area (Å²) >= 11 is 1.78. The first-order valence-electron chi connectivity index (χ1n) is 5.43. The van der Waals surface area contributed by atoms with E-state index < -0.39 is 0 Å². The summed E-state index contributed by atoms with van der Waals surface area (Å²) in [6, 6.07) is 0. The fourth-order valence-corrected chi connectivity index (χ4v) is 2.96. The Bertz CT molecular complexity index is 304. The van der Waals surface area contributed by atoms with Crippen molar-refractivity contribution in [1.82, 2.24) is 20.4 Å². The summed E-state index contributed by atoms with van der Waals surface area (Å²) in [4.78, 5) is 2.13. The van der Waals surface area contributed by atoms with Crippen molar-refractivity contribution in [2.75, 3.05) is 27.2 Å². The predicted molar refractivity (Wildman–Crippen MR) is 62.1 cm³/mol. The Morgan fingerprint density at radius 3 is 2.73 bits per heavy atom. The Kier molecular flexibility index (Phi) is 3.66. The van der Waals surface area contributed by atoms with E-state index >= 15 is 0 Å². The van der Waals surface area contributed by atoms with Crippen LogP contribution in [0.5, 0.6) is 0 Å². The minimum Gasteiger partial charge on any atom is -0.317 e. The number of nitrogens with zero attached hydrogens (tertiary/aromatic N) is 3. The summed E-state index contributed by atoms with van der Waals surface area (Å²) in [6.45, 7) is 3.14. The molecule has 1 aromatic heterocycles. The molecular formula is C10H18N4S. The van der Waals surface area contributed by atoms with Gasteiger partial charge in [-0.25, -0.2) is 0 Å². The second kappa shape index (κ2) is 5.01.